The molecule has 1 atom stereocenters. The highest BCUT2D eigenvalue weighted by atomic mass is 16.2. The Balaban J connectivity index is 2.39. The minimum Gasteiger partial charge on any atom is -0.341 e. The fourth-order valence-electron chi connectivity index (χ4n) is 1.92. The van der Waals surface area contributed by atoms with Crippen molar-refractivity contribution in [2.75, 3.05) is 20.1 Å². The van der Waals surface area contributed by atoms with E-state index >= 15 is 0 Å². The molecule has 1 unspecified atom stereocenters. The van der Waals surface area contributed by atoms with Crippen molar-refractivity contribution >= 4 is 5.91 Å². The van der Waals surface area contributed by atoms with Crippen LogP contribution in [0.1, 0.15) is 33.1 Å². The molecule has 1 fully saturated rings. The topological polar surface area (TPSA) is 32.3 Å². The van der Waals surface area contributed by atoms with Crippen LogP contribution < -0.4 is 5.32 Å². The van der Waals surface area contributed by atoms with Crippen LogP contribution >= 0.6 is 0 Å². The van der Waals surface area contributed by atoms with E-state index in [-0.39, 0.29) is 0 Å². The molecule has 14 heavy (non-hydrogen) atoms. The zero-order valence-corrected chi connectivity index (χ0v) is 9.55. The predicted octanol–water partition coefficient (Wildman–Crippen LogP) is 1.24. The fourth-order valence-corrected chi connectivity index (χ4v) is 1.92. The van der Waals surface area contributed by atoms with Crippen molar-refractivity contribution in [3.63, 3.8) is 0 Å². The molecule has 1 aliphatic rings. The number of nitrogens with one attached hydrogen (secondary N) is 1. The van der Waals surface area contributed by atoms with Crippen LogP contribution in [-0.2, 0) is 4.79 Å². The van der Waals surface area contributed by atoms with Gasteiger partial charge in [0.05, 0.1) is 0 Å². The molecule has 0 bridgehead atoms. The molecule has 1 rings (SSSR count). The third kappa shape index (κ3) is 3.29. The Morgan fingerprint density at radius 2 is 2.29 bits per heavy atom. The second-order valence-electron chi connectivity index (χ2n) is 4.57. The maximum atomic E-state index is 11.8. The molecule has 0 aromatic heterocycles. The van der Waals surface area contributed by atoms with Crippen LogP contribution in [0.3, 0.4) is 0 Å². The average Bonchev–Trinajstić information content (AvgIpc) is 2.17. The number of carbonyl (C=O) groups is 1. The molecule has 0 radical (unpaired) electrons. The highest BCUT2D eigenvalue weighted by Crippen LogP contribution is 2.12. The van der Waals surface area contributed by atoms with E-state index < -0.39 is 0 Å². The molecule has 1 heterocycles. The predicted molar refractivity (Wildman–Crippen MR) is 58.1 cm³/mol. The summed E-state index contributed by atoms with van der Waals surface area (Å²) in [5.74, 6) is 0.789. The van der Waals surface area contributed by atoms with Crippen molar-refractivity contribution in [3.05, 3.63) is 0 Å². The minimum absolute atomic E-state index is 0.319. The smallest absolute Gasteiger partial charge is 0.222 e. The number of hydrogen-bond acceptors (Lipinski definition) is 2. The average molecular weight is 198 g/mol. The van der Waals surface area contributed by atoms with Gasteiger partial charge in [0.25, 0.3) is 0 Å². The van der Waals surface area contributed by atoms with Gasteiger partial charge in [0.15, 0.2) is 0 Å². The summed E-state index contributed by atoms with van der Waals surface area (Å²) in [7, 11) is 1.97. The van der Waals surface area contributed by atoms with Crippen LogP contribution in [0.2, 0.25) is 0 Å². The van der Waals surface area contributed by atoms with Crippen LogP contribution in [-0.4, -0.2) is 37.0 Å². The Bertz CT molecular complexity index is 192. The molecule has 0 saturated carbocycles. The van der Waals surface area contributed by atoms with E-state index in [4.69, 9.17) is 0 Å². The van der Waals surface area contributed by atoms with E-state index in [9.17, 15) is 4.79 Å². The van der Waals surface area contributed by atoms with Crippen LogP contribution in [0.25, 0.3) is 0 Å². The summed E-state index contributed by atoms with van der Waals surface area (Å²) in [6.07, 6.45) is 3.02. The van der Waals surface area contributed by atoms with Crippen LogP contribution in [0.4, 0.5) is 0 Å². The molecular weight excluding hydrogens is 176 g/mol. The van der Waals surface area contributed by atoms with Crippen LogP contribution in [0.5, 0.6) is 0 Å². The van der Waals surface area contributed by atoms with Crippen molar-refractivity contribution < 1.29 is 4.79 Å². The maximum Gasteiger partial charge on any atom is 0.222 e. The summed E-state index contributed by atoms with van der Waals surface area (Å²) in [4.78, 5) is 13.8. The van der Waals surface area contributed by atoms with Crippen LogP contribution in [0, 0.1) is 5.92 Å². The number of nitrogens with zero attached hydrogens (tertiary/aromatic N) is 1. The molecule has 1 aliphatic heterocycles. The van der Waals surface area contributed by atoms with Gasteiger partial charge in [-0.05, 0) is 25.8 Å². The standard InChI is InChI=1S/C11H22N2O/c1-9(2)7-11(14)13-6-4-5-10(8-13)12-3/h9-10,12H,4-8H2,1-3H3. The van der Waals surface area contributed by atoms with E-state index in [1.165, 1.54) is 6.42 Å². The van der Waals surface area contributed by atoms with Crippen molar-refractivity contribution in [1.29, 1.82) is 0 Å². The number of carbonyl (C=O) groups excluding carboxylic acids is 1. The van der Waals surface area contributed by atoms with E-state index in [1.807, 2.05) is 11.9 Å². The van der Waals surface area contributed by atoms with Crippen molar-refractivity contribution in [2.24, 2.45) is 5.92 Å². The number of likely N-dealkylation sites (N-methyl/N-ethyl adjacent to an activating group) is 1. The molecule has 0 aliphatic carbocycles. The van der Waals surface area contributed by atoms with E-state index in [0.717, 1.165) is 19.5 Å². The molecule has 3 heteroatoms. The summed E-state index contributed by atoms with van der Waals surface area (Å²) < 4.78 is 0. The van der Waals surface area contributed by atoms with Gasteiger partial charge in [0, 0.05) is 25.6 Å². The van der Waals surface area contributed by atoms with Crippen molar-refractivity contribution in [3.8, 4) is 0 Å². The molecule has 3 nitrogen and oxygen atoms in total. The number of likely N-dealkylation sites (tertiary alicyclic amines) is 1. The largest absolute Gasteiger partial charge is 0.341 e. The first-order chi connectivity index (χ1) is 6.63. The van der Waals surface area contributed by atoms with Gasteiger partial charge in [-0.15, -0.1) is 0 Å². The lowest BCUT2D eigenvalue weighted by molar-refractivity contribution is -0.133. The third-order valence-electron chi connectivity index (χ3n) is 2.77. The Labute approximate surface area is 86.9 Å². The number of hydrogen-bond donors (Lipinski definition) is 1. The van der Waals surface area contributed by atoms with Gasteiger partial charge in [-0.3, -0.25) is 4.79 Å². The highest BCUT2D eigenvalue weighted by Gasteiger charge is 2.22. The summed E-state index contributed by atoms with van der Waals surface area (Å²) >= 11 is 0. The monoisotopic (exact) mass is 198 g/mol. The lowest BCUT2D eigenvalue weighted by atomic mass is 10.0. The molecule has 0 aromatic carbocycles. The number of piperidine rings is 1. The van der Waals surface area contributed by atoms with Crippen molar-refractivity contribution in [2.45, 2.75) is 39.2 Å². The fraction of sp³-hybridized carbons (Fsp3) is 0.909. The van der Waals surface area contributed by atoms with Gasteiger partial charge in [-0.25, -0.2) is 0 Å². The molecule has 0 aromatic rings. The lowest BCUT2D eigenvalue weighted by Gasteiger charge is -2.33. The van der Waals surface area contributed by atoms with Gasteiger partial charge in [-0.1, -0.05) is 13.8 Å². The lowest BCUT2D eigenvalue weighted by Crippen LogP contribution is -2.47. The van der Waals surface area contributed by atoms with Gasteiger partial charge < -0.3 is 10.2 Å². The quantitative estimate of drug-likeness (QED) is 0.740. The first-order valence-electron chi connectivity index (χ1n) is 5.58. The maximum absolute atomic E-state index is 11.8. The SMILES string of the molecule is CNC1CCCN(C(=O)CC(C)C)C1. The zero-order chi connectivity index (χ0) is 10.6. The molecule has 1 saturated heterocycles. The van der Waals surface area contributed by atoms with Gasteiger partial charge in [0.1, 0.15) is 0 Å². The summed E-state index contributed by atoms with van der Waals surface area (Å²) in [6, 6.07) is 0.500. The molecule has 82 valence electrons. The molecule has 1 amide bonds. The zero-order valence-electron chi connectivity index (χ0n) is 9.55. The minimum atomic E-state index is 0.319. The second kappa shape index (κ2) is 5.35. The summed E-state index contributed by atoms with van der Waals surface area (Å²) in [5, 5.41) is 3.25. The normalized spacial score (nSPS) is 22.9. The Hall–Kier alpha value is -0.570. The van der Waals surface area contributed by atoms with Gasteiger partial charge in [-0.2, -0.15) is 0 Å². The summed E-state index contributed by atoms with van der Waals surface area (Å²) in [6.45, 7) is 6.03. The first kappa shape index (κ1) is 11.5. The van der Waals surface area contributed by atoms with Gasteiger partial charge >= 0.3 is 0 Å². The number of amides is 1. The van der Waals surface area contributed by atoms with Gasteiger partial charge in [0.2, 0.25) is 5.91 Å². The third-order valence-corrected chi connectivity index (χ3v) is 2.77. The Morgan fingerprint density at radius 3 is 2.86 bits per heavy atom. The molecule has 0 spiro atoms. The number of rotatable bonds is 3. The molecular formula is C11H22N2O. The van der Waals surface area contributed by atoms with E-state index in [0.29, 0.717) is 24.3 Å². The Morgan fingerprint density at radius 1 is 1.57 bits per heavy atom. The van der Waals surface area contributed by atoms with Crippen molar-refractivity contribution in [1.82, 2.24) is 10.2 Å². The summed E-state index contributed by atoms with van der Waals surface area (Å²) in [5.41, 5.74) is 0. The highest BCUT2D eigenvalue weighted by molar-refractivity contribution is 5.76. The van der Waals surface area contributed by atoms with E-state index in [1.54, 1.807) is 0 Å². The van der Waals surface area contributed by atoms with E-state index in [2.05, 4.69) is 19.2 Å². The Kier molecular flexibility index (Phi) is 4.39. The van der Waals surface area contributed by atoms with Crippen LogP contribution in [0.15, 0.2) is 0 Å². The first-order valence-corrected chi connectivity index (χ1v) is 5.58. The second-order valence-corrected chi connectivity index (χ2v) is 4.57. The molecule has 1 N–H and O–H groups in total.